The number of halogens is 1. The third kappa shape index (κ3) is 6.49. The number of carboxylic acid groups (broad SMARTS) is 2. The highest BCUT2D eigenvalue weighted by atomic mass is 35.5. The Morgan fingerprint density at radius 3 is 2.23 bits per heavy atom. The second-order valence-corrected chi connectivity index (χ2v) is 7.77. The Kier molecular flexibility index (Phi) is 8.28. The molecule has 2 amide bonds. The Hall–Kier alpha value is -4.10. The number of pyridine rings is 1. The molecule has 0 spiro atoms. The van der Waals surface area contributed by atoms with Gasteiger partial charge in [0.25, 0.3) is 5.91 Å². The summed E-state index contributed by atoms with van der Waals surface area (Å²) in [6.07, 6.45) is 3.90. The van der Waals surface area contributed by atoms with Crippen molar-refractivity contribution in [3.63, 3.8) is 0 Å². The molecule has 14 heteroatoms. The van der Waals surface area contributed by atoms with Gasteiger partial charge in [0.15, 0.2) is 5.69 Å². The Bertz CT molecular complexity index is 1120. The number of aliphatic carboxylic acids is 2. The first kappa shape index (κ1) is 25.5. The van der Waals surface area contributed by atoms with Crippen molar-refractivity contribution in [1.82, 2.24) is 24.8 Å². The van der Waals surface area contributed by atoms with Crippen molar-refractivity contribution >= 4 is 41.4 Å². The Balaban J connectivity index is 0.000000371. The standard InChI is InChI=1S/C17H17ClN6O3.C4H4O4/c1-22-6-8-23(9-7-22)17(26)27-16-14-13(19-4-5-20-14)15(25)24(16)12-3-2-11(18)10-21-12;5-3(6)1-2-4(7)8/h2-5,10,16H,6-9H2,1H3;1-2H,(H,5,6)(H,7,8)/b;2-1+/t16-;/m0./s1. The lowest BCUT2D eigenvalue weighted by Gasteiger charge is -2.33. The van der Waals surface area contributed by atoms with E-state index < -0.39 is 30.2 Å². The van der Waals surface area contributed by atoms with E-state index in [4.69, 9.17) is 26.6 Å². The highest BCUT2D eigenvalue weighted by Gasteiger charge is 2.44. The molecule has 0 saturated carbocycles. The maximum atomic E-state index is 12.8. The van der Waals surface area contributed by atoms with Crippen LogP contribution < -0.4 is 4.90 Å². The molecule has 2 aliphatic rings. The van der Waals surface area contributed by atoms with Crippen LogP contribution in [0.15, 0.2) is 42.9 Å². The monoisotopic (exact) mass is 504 g/mol. The predicted octanol–water partition coefficient (Wildman–Crippen LogP) is 1.28. The van der Waals surface area contributed by atoms with Crippen molar-refractivity contribution in [2.75, 3.05) is 38.1 Å². The van der Waals surface area contributed by atoms with E-state index in [2.05, 4.69) is 19.9 Å². The summed E-state index contributed by atoms with van der Waals surface area (Å²) in [5.41, 5.74) is 0.437. The average molecular weight is 505 g/mol. The first-order chi connectivity index (χ1) is 16.7. The molecule has 184 valence electrons. The SMILES string of the molecule is CN1CCN(C(=O)O[C@H]2c3nccnc3C(=O)N2c2ccc(Cl)cn2)CC1.O=C(O)/C=C/C(=O)O. The largest absolute Gasteiger partial charge is 0.478 e. The van der Waals surface area contributed by atoms with E-state index in [0.29, 0.717) is 41.8 Å². The van der Waals surface area contributed by atoms with E-state index in [-0.39, 0.29) is 5.69 Å². The first-order valence-electron chi connectivity index (χ1n) is 10.2. The third-order valence-corrected chi connectivity index (χ3v) is 5.14. The summed E-state index contributed by atoms with van der Waals surface area (Å²) < 4.78 is 5.68. The van der Waals surface area contributed by atoms with Crippen LogP contribution in [0, 0.1) is 0 Å². The molecule has 0 bridgehead atoms. The molecule has 1 saturated heterocycles. The number of amides is 2. The van der Waals surface area contributed by atoms with E-state index >= 15 is 0 Å². The molecule has 1 atom stereocenters. The number of hydrogen-bond acceptors (Lipinski definition) is 9. The Morgan fingerprint density at radius 2 is 1.66 bits per heavy atom. The second-order valence-electron chi connectivity index (χ2n) is 7.34. The molecular weight excluding hydrogens is 484 g/mol. The van der Waals surface area contributed by atoms with Crippen LogP contribution in [0.4, 0.5) is 10.6 Å². The fraction of sp³-hybridized carbons (Fsp3) is 0.286. The van der Waals surface area contributed by atoms with Crippen LogP contribution in [0.5, 0.6) is 0 Å². The lowest BCUT2D eigenvalue weighted by Crippen LogP contribution is -2.48. The van der Waals surface area contributed by atoms with Crippen molar-refractivity contribution in [1.29, 1.82) is 0 Å². The molecule has 0 unspecified atom stereocenters. The van der Waals surface area contributed by atoms with Gasteiger partial charge in [-0.1, -0.05) is 11.6 Å². The van der Waals surface area contributed by atoms with Crippen molar-refractivity contribution in [2.45, 2.75) is 6.23 Å². The van der Waals surface area contributed by atoms with Gasteiger partial charge in [-0.2, -0.15) is 0 Å². The highest BCUT2D eigenvalue weighted by Crippen LogP contribution is 2.35. The Labute approximate surface area is 204 Å². The van der Waals surface area contributed by atoms with Gasteiger partial charge in [0.05, 0.1) is 5.02 Å². The van der Waals surface area contributed by atoms with Gasteiger partial charge in [-0.25, -0.2) is 29.3 Å². The van der Waals surface area contributed by atoms with Gasteiger partial charge >= 0.3 is 18.0 Å². The number of carbonyl (C=O) groups excluding carboxylic acids is 2. The van der Waals surface area contributed by atoms with E-state index in [0.717, 1.165) is 13.1 Å². The lowest BCUT2D eigenvalue weighted by atomic mass is 10.3. The zero-order chi connectivity index (χ0) is 25.5. The summed E-state index contributed by atoms with van der Waals surface area (Å²) in [6, 6.07) is 3.20. The minimum Gasteiger partial charge on any atom is -0.478 e. The van der Waals surface area contributed by atoms with Crippen LogP contribution in [0.1, 0.15) is 22.4 Å². The van der Waals surface area contributed by atoms with Crippen molar-refractivity contribution in [3.8, 4) is 0 Å². The summed E-state index contributed by atoms with van der Waals surface area (Å²) in [5, 5.41) is 16.1. The molecule has 0 aromatic carbocycles. The molecular formula is C21H21ClN6O7. The van der Waals surface area contributed by atoms with Crippen molar-refractivity contribution in [2.24, 2.45) is 0 Å². The van der Waals surface area contributed by atoms with Gasteiger partial charge in [0.2, 0.25) is 6.23 Å². The van der Waals surface area contributed by atoms with Crippen molar-refractivity contribution < 1.29 is 34.1 Å². The normalized spacial score (nSPS) is 17.5. The molecule has 4 rings (SSSR count). The van der Waals surface area contributed by atoms with Crippen LogP contribution >= 0.6 is 11.6 Å². The van der Waals surface area contributed by atoms with E-state index in [1.54, 1.807) is 17.0 Å². The molecule has 2 aromatic rings. The predicted molar refractivity (Wildman–Crippen MR) is 121 cm³/mol. The van der Waals surface area contributed by atoms with E-state index in [1.807, 2.05) is 7.05 Å². The fourth-order valence-corrected chi connectivity index (χ4v) is 3.29. The number of piperazine rings is 1. The summed E-state index contributed by atoms with van der Waals surface area (Å²) >= 11 is 5.89. The van der Waals surface area contributed by atoms with Gasteiger partial charge in [-0.05, 0) is 19.2 Å². The third-order valence-electron chi connectivity index (χ3n) is 4.92. The summed E-state index contributed by atoms with van der Waals surface area (Å²) in [7, 11) is 2.00. The minimum absolute atomic E-state index is 0.144. The number of carboxylic acids is 2. The van der Waals surface area contributed by atoms with Gasteiger partial charge in [-0.15, -0.1) is 0 Å². The molecule has 35 heavy (non-hydrogen) atoms. The first-order valence-corrected chi connectivity index (χ1v) is 10.6. The average Bonchev–Trinajstić information content (AvgIpc) is 3.11. The number of fused-ring (bicyclic) bond motifs is 1. The maximum absolute atomic E-state index is 12.8. The van der Waals surface area contributed by atoms with Gasteiger partial charge in [0.1, 0.15) is 11.5 Å². The summed E-state index contributed by atoms with van der Waals surface area (Å²) in [6.45, 7) is 2.64. The molecule has 0 aliphatic carbocycles. The van der Waals surface area contributed by atoms with Crippen LogP contribution in [-0.4, -0.2) is 92.1 Å². The molecule has 2 N–H and O–H groups in total. The number of anilines is 1. The quantitative estimate of drug-likeness (QED) is 0.575. The number of ether oxygens (including phenoxy) is 1. The van der Waals surface area contributed by atoms with E-state index in [9.17, 15) is 19.2 Å². The minimum atomic E-state index is -1.26. The number of rotatable bonds is 4. The smallest absolute Gasteiger partial charge is 0.412 e. The zero-order valence-corrected chi connectivity index (χ0v) is 19.2. The molecule has 0 radical (unpaired) electrons. The fourth-order valence-electron chi connectivity index (χ4n) is 3.18. The Morgan fingerprint density at radius 1 is 1.03 bits per heavy atom. The van der Waals surface area contributed by atoms with Crippen LogP contribution in [-0.2, 0) is 14.3 Å². The molecule has 13 nitrogen and oxygen atoms in total. The van der Waals surface area contributed by atoms with Gasteiger partial charge < -0.3 is 24.7 Å². The van der Waals surface area contributed by atoms with Crippen LogP contribution in [0.3, 0.4) is 0 Å². The summed E-state index contributed by atoms with van der Waals surface area (Å²) in [4.78, 5) is 62.1. The second kappa shape index (κ2) is 11.4. The zero-order valence-electron chi connectivity index (χ0n) is 18.4. The number of aromatic nitrogens is 3. The molecule has 2 aromatic heterocycles. The lowest BCUT2D eigenvalue weighted by molar-refractivity contribution is -0.134. The topological polar surface area (TPSA) is 166 Å². The van der Waals surface area contributed by atoms with Gasteiger partial charge in [-0.3, -0.25) is 9.78 Å². The highest BCUT2D eigenvalue weighted by molar-refractivity contribution is 6.30. The number of carbonyl (C=O) groups is 4. The molecule has 2 aliphatic heterocycles. The number of likely N-dealkylation sites (N-methyl/N-ethyl adjacent to an activating group) is 1. The van der Waals surface area contributed by atoms with Crippen LogP contribution in [0.2, 0.25) is 5.02 Å². The molecule has 4 heterocycles. The maximum Gasteiger partial charge on any atom is 0.412 e. The number of nitrogens with zero attached hydrogens (tertiary/aromatic N) is 6. The van der Waals surface area contributed by atoms with E-state index in [1.165, 1.54) is 23.5 Å². The van der Waals surface area contributed by atoms with Gasteiger partial charge in [0, 0.05) is 56.9 Å². The van der Waals surface area contributed by atoms with Crippen LogP contribution in [0.25, 0.3) is 0 Å². The van der Waals surface area contributed by atoms with Crippen molar-refractivity contribution in [3.05, 3.63) is 59.3 Å². The molecule has 1 fully saturated rings. The number of hydrogen-bond donors (Lipinski definition) is 2. The summed E-state index contributed by atoms with van der Waals surface area (Å²) in [5.74, 6) is -2.63.